The van der Waals surface area contributed by atoms with Crippen LogP contribution in [0.3, 0.4) is 0 Å². The lowest BCUT2D eigenvalue weighted by Crippen LogP contribution is -2.00. The third-order valence-corrected chi connectivity index (χ3v) is 0.608. The van der Waals surface area contributed by atoms with Crippen molar-refractivity contribution in [2.75, 3.05) is 14.2 Å². The molecular formula is C4H7NO4. The predicted molar refractivity (Wildman–Crippen MR) is 29.1 cm³/mol. The van der Waals surface area contributed by atoms with Crippen LogP contribution in [0.25, 0.3) is 0 Å². The Bertz CT molecular complexity index is 131. The van der Waals surface area contributed by atoms with E-state index in [1.165, 1.54) is 14.2 Å². The first-order valence-electron chi connectivity index (χ1n) is 2.13. The minimum absolute atomic E-state index is 0.405. The molecule has 9 heavy (non-hydrogen) atoms. The molecule has 0 aliphatic rings. The van der Waals surface area contributed by atoms with Crippen molar-refractivity contribution in [2.45, 2.75) is 0 Å². The molecule has 0 atom stereocenters. The molecule has 5 heteroatoms. The van der Waals surface area contributed by atoms with E-state index in [9.17, 15) is 10.1 Å². The summed E-state index contributed by atoms with van der Waals surface area (Å²) in [6.45, 7) is 0. The van der Waals surface area contributed by atoms with E-state index in [-0.39, 0.29) is 0 Å². The molecule has 0 spiro atoms. The summed E-state index contributed by atoms with van der Waals surface area (Å²) in [7, 11) is 2.51. The second-order valence-electron chi connectivity index (χ2n) is 1.15. The maximum absolute atomic E-state index is 9.85. The highest BCUT2D eigenvalue weighted by molar-refractivity contribution is 4.71. The van der Waals surface area contributed by atoms with Crippen molar-refractivity contribution in [2.24, 2.45) is 0 Å². The van der Waals surface area contributed by atoms with Gasteiger partial charge in [0.25, 0.3) is 0 Å². The van der Waals surface area contributed by atoms with Crippen LogP contribution in [0, 0.1) is 10.1 Å². The Morgan fingerprint density at radius 1 is 1.67 bits per heavy atom. The van der Waals surface area contributed by atoms with Gasteiger partial charge in [0.05, 0.1) is 14.2 Å². The maximum Gasteiger partial charge on any atom is 0.462 e. The molecule has 5 nitrogen and oxygen atoms in total. The summed E-state index contributed by atoms with van der Waals surface area (Å²) in [4.78, 5) is 9.18. The number of nitro groups is 1. The van der Waals surface area contributed by atoms with E-state index in [0.29, 0.717) is 0 Å². The molecule has 0 N–H and O–H groups in total. The number of hydrogen-bond acceptors (Lipinski definition) is 4. The third kappa shape index (κ3) is 2.53. The van der Waals surface area contributed by atoms with E-state index < -0.39 is 10.8 Å². The molecule has 0 heterocycles. The lowest BCUT2D eigenvalue weighted by atomic mass is 10.9. The smallest absolute Gasteiger partial charge is 0.462 e. The average molecular weight is 133 g/mol. The molecule has 0 aromatic heterocycles. The second kappa shape index (κ2) is 3.71. The largest absolute Gasteiger partial charge is 0.494 e. The molecule has 0 fully saturated rings. The van der Waals surface area contributed by atoms with Crippen LogP contribution >= 0.6 is 0 Å². The van der Waals surface area contributed by atoms with Gasteiger partial charge in [0.1, 0.15) is 4.92 Å². The van der Waals surface area contributed by atoms with Gasteiger partial charge in [-0.25, -0.2) is 0 Å². The third-order valence-electron chi connectivity index (χ3n) is 0.608. The van der Waals surface area contributed by atoms with Crippen LogP contribution in [-0.4, -0.2) is 19.1 Å². The Hall–Kier alpha value is -1.26. The van der Waals surface area contributed by atoms with Crippen LogP contribution in [0.15, 0.2) is 12.1 Å². The van der Waals surface area contributed by atoms with Gasteiger partial charge < -0.3 is 9.47 Å². The van der Waals surface area contributed by atoms with Crippen LogP contribution in [0.4, 0.5) is 0 Å². The fraction of sp³-hybridized carbons (Fsp3) is 0.500. The summed E-state index contributed by atoms with van der Waals surface area (Å²) in [5, 5.41) is 9.85. The van der Waals surface area contributed by atoms with Crippen molar-refractivity contribution in [1.82, 2.24) is 0 Å². The molecule has 0 rings (SSSR count). The maximum atomic E-state index is 9.85. The Balaban J connectivity index is 3.98. The highest BCUT2D eigenvalue weighted by Gasteiger charge is 2.08. The molecule has 0 aromatic rings. The lowest BCUT2D eigenvalue weighted by molar-refractivity contribution is -0.463. The summed E-state index contributed by atoms with van der Waals surface area (Å²) < 4.78 is 8.62. The van der Waals surface area contributed by atoms with Crippen LogP contribution in [-0.2, 0) is 9.47 Å². The van der Waals surface area contributed by atoms with E-state index in [1.807, 2.05) is 0 Å². The quantitative estimate of drug-likeness (QED) is 0.316. The molecule has 0 bridgehead atoms. The molecule has 0 radical (unpaired) electrons. The van der Waals surface area contributed by atoms with Crippen molar-refractivity contribution < 1.29 is 14.4 Å². The van der Waals surface area contributed by atoms with Gasteiger partial charge in [0, 0.05) is 0 Å². The zero-order valence-corrected chi connectivity index (χ0v) is 5.16. The van der Waals surface area contributed by atoms with E-state index in [4.69, 9.17) is 0 Å². The Labute approximate surface area is 52.0 Å². The first kappa shape index (κ1) is 7.74. The van der Waals surface area contributed by atoms with Gasteiger partial charge in [-0.15, -0.1) is 0 Å². The fourth-order valence-corrected chi connectivity index (χ4v) is 0.266. The van der Waals surface area contributed by atoms with E-state index in [2.05, 4.69) is 9.47 Å². The highest BCUT2D eigenvalue weighted by Crippen LogP contribution is 1.93. The normalized spacial score (nSPS) is 10.7. The number of rotatable bonds is 3. The molecule has 0 saturated heterocycles. The van der Waals surface area contributed by atoms with Crippen LogP contribution in [0.2, 0.25) is 0 Å². The minimum Gasteiger partial charge on any atom is -0.494 e. The van der Waals surface area contributed by atoms with Gasteiger partial charge in [-0.2, -0.15) is 0 Å². The fourth-order valence-electron chi connectivity index (χ4n) is 0.266. The van der Waals surface area contributed by atoms with Crippen molar-refractivity contribution in [3.05, 3.63) is 22.3 Å². The molecule has 0 saturated carbocycles. The molecular weight excluding hydrogens is 126 g/mol. The number of hydrogen-bond donors (Lipinski definition) is 0. The summed E-state index contributed by atoms with van der Waals surface area (Å²) in [5.74, 6) is -0.405. The number of methoxy groups -OCH3 is 2. The average Bonchev–Trinajstić information content (AvgIpc) is 1.82. The first-order valence-corrected chi connectivity index (χ1v) is 2.13. The van der Waals surface area contributed by atoms with E-state index in [1.54, 1.807) is 0 Å². The zero-order valence-electron chi connectivity index (χ0n) is 5.16. The summed E-state index contributed by atoms with van der Waals surface area (Å²) in [6.07, 6.45) is 0.917. The molecule has 0 aromatic carbocycles. The van der Waals surface area contributed by atoms with Crippen LogP contribution in [0.5, 0.6) is 0 Å². The van der Waals surface area contributed by atoms with Gasteiger partial charge in [-0.05, 0) is 0 Å². The highest BCUT2D eigenvalue weighted by atomic mass is 16.7. The van der Waals surface area contributed by atoms with Gasteiger partial charge >= 0.3 is 5.88 Å². The van der Waals surface area contributed by atoms with Crippen molar-refractivity contribution in [1.29, 1.82) is 0 Å². The monoisotopic (exact) mass is 133 g/mol. The first-order chi connectivity index (χ1) is 4.22. The van der Waals surface area contributed by atoms with Crippen molar-refractivity contribution in [3.63, 3.8) is 0 Å². The number of ether oxygens (including phenoxy) is 2. The summed E-state index contributed by atoms with van der Waals surface area (Å²) in [6, 6.07) is 0. The van der Waals surface area contributed by atoms with Gasteiger partial charge in [0.15, 0.2) is 0 Å². The second-order valence-corrected chi connectivity index (χ2v) is 1.15. The molecule has 0 aliphatic heterocycles. The predicted octanol–water partition coefficient (Wildman–Crippen LogP) is 0.355. The zero-order chi connectivity index (χ0) is 7.28. The van der Waals surface area contributed by atoms with Crippen LogP contribution < -0.4 is 0 Å². The van der Waals surface area contributed by atoms with Crippen molar-refractivity contribution in [3.8, 4) is 0 Å². The minimum atomic E-state index is -0.677. The standard InChI is InChI=1S/C4H7NO4/c1-8-3-4(9-2)5(6)7/h3H,1-2H3. The molecule has 52 valence electrons. The van der Waals surface area contributed by atoms with Crippen molar-refractivity contribution >= 4 is 0 Å². The topological polar surface area (TPSA) is 61.6 Å². The van der Waals surface area contributed by atoms with Gasteiger partial charge in [0.2, 0.25) is 6.26 Å². The number of nitrogens with zero attached hydrogens (tertiary/aromatic N) is 1. The summed E-state index contributed by atoms with van der Waals surface area (Å²) >= 11 is 0. The van der Waals surface area contributed by atoms with Crippen LogP contribution in [0.1, 0.15) is 0 Å². The Morgan fingerprint density at radius 2 is 2.22 bits per heavy atom. The molecule has 0 amide bonds. The molecule has 0 unspecified atom stereocenters. The Kier molecular flexibility index (Phi) is 3.19. The summed E-state index contributed by atoms with van der Waals surface area (Å²) in [5.41, 5.74) is 0. The van der Waals surface area contributed by atoms with Gasteiger partial charge in [-0.3, -0.25) is 10.1 Å². The molecule has 0 aliphatic carbocycles. The lowest BCUT2D eigenvalue weighted by Gasteiger charge is -1.92. The Morgan fingerprint density at radius 3 is 2.33 bits per heavy atom. The van der Waals surface area contributed by atoms with E-state index in [0.717, 1.165) is 6.26 Å². The SMILES string of the molecule is COC=C(OC)[N+](=O)[O-]. The van der Waals surface area contributed by atoms with E-state index >= 15 is 0 Å². The van der Waals surface area contributed by atoms with Gasteiger partial charge in [-0.1, -0.05) is 0 Å².